The van der Waals surface area contributed by atoms with Gasteiger partial charge in [0.1, 0.15) is 6.73 Å². The molecule has 1 aliphatic carbocycles. The molecule has 4 heteroatoms. The third kappa shape index (κ3) is 5.54. The first-order valence-corrected chi connectivity index (χ1v) is 8.65. The molecule has 128 valence electrons. The zero-order valence-corrected chi connectivity index (χ0v) is 14.3. The van der Waals surface area contributed by atoms with Gasteiger partial charge >= 0.3 is 6.09 Å². The van der Waals surface area contributed by atoms with Crippen LogP contribution in [-0.2, 0) is 11.2 Å². The van der Waals surface area contributed by atoms with Crippen molar-refractivity contribution in [1.82, 2.24) is 4.90 Å². The molecule has 0 radical (unpaired) electrons. The Bertz CT molecular complexity index is 481. The average Bonchev–Trinajstić information content (AvgIpc) is 2.56. The summed E-state index contributed by atoms with van der Waals surface area (Å²) in [6.45, 7) is 4.80. The molecule has 0 atom stereocenters. The molecule has 0 aromatic heterocycles. The molecule has 1 aromatic rings. The number of amides is 1. The second-order valence-corrected chi connectivity index (χ2v) is 6.99. The van der Waals surface area contributed by atoms with Crippen molar-refractivity contribution >= 4 is 6.09 Å². The van der Waals surface area contributed by atoms with Crippen molar-refractivity contribution in [3.8, 4) is 0 Å². The third-order valence-electron chi connectivity index (χ3n) is 4.96. The van der Waals surface area contributed by atoms with Crippen molar-refractivity contribution in [2.75, 3.05) is 13.3 Å². The van der Waals surface area contributed by atoms with E-state index in [1.165, 1.54) is 37.0 Å². The minimum Gasteiger partial charge on any atom is -0.465 e. The molecule has 0 spiro atoms. The first kappa shape index (κ1) is 17.8. The number of nitrogens with zero attached hydrogens (tertiary/aromatic N) is 1. The highest BCUT2D eigenvalue weighted by Gasteiger charge is 2.32. The van der Waals surface area contributed by atoms with Crippen LogP contribution in [0.25, 0.3) is 0 Å². The molecular weight excluding hydrogens is 290 g/mol. The summed E-state index contributed by atoms with van der Waals surface area (Å²) >= 11 is 0. The van der Waals surface area contributed by atoms with Crippen LogP contribution in [0.3, 0.4) is 0 Å². The van der Waals surface area contributed by atoms with E-state index in [1.807, 2.05) is 30.3 Å². The van der Waals surface area contributed by atoms with E-state index >= 15 is 0 Å². The molecule has 1 saturated carbocycles. The molecular formula is C19H29NO3. The second kappa shape index (κ2) is 8.34. The van der Waals surface area contributed by atoms with Gasteiger partial charge in [0.05, 0.1) is 5.60 Å². The van der Waals surface area contributed by atoms with Crippen molar-refractivity contribution in [3.63, 3.8) is 0 Å². The van der Waals surface area contributed by atoms with Gasteiger partial charge in [0.15, 0.2) is 0 Å². The van der Waals surface area contributed by atoms with Gasteiger partial charge in [0, 0.05) is 6.54 Å². The first-order chi connectivity index (χ1) is 11.0. The number of carbonyl (C=O) groups is 1. The number of ether oxygens (including phenoxy) is 1. The standard InChI is InChI=1S/C19H29NO3/c1-19(2,17-11-7-4-8-12-17)23-15-20(18(21)22)14-13-16-9-5-3-6-10-16/h3,5-6,9-10,17H,4,7-8,11-15H2,1-2H3,(H,21,22). The Balaban J connectivity index is 1.85. The average molecular weight is 319 g/mol. The van der Waals surface area contributed by atoms with Crippen LogP contribution in [0.4, 0.5) is 4.79 Å². The lowest BCUT2D eigenvalue weighted by atomic mass is 9.79. The Morgan fingerprint density at radius 3 is 2.48 bits per heavy atom. The minimum absolute atomic E-state index is 0.145. The number of rotatable bonds is 7. The summed E-state index contributed by atoms with van der Waals surface area (Å²) in [5, 5.41) is 9.40. The zero-order chi connectivity index (χ0) is 16.7. The molecule has 1 amide bonds. The van der Waals surface area contributed by atoms with Gasteiger partial charge in [-0.25, -0.2) is 4.79 Å². The smallest absolute Gasteiger partial charge is 0.409 e. The maximum absolute atomic E-state index is 11.5. The van der Waals surface area contributed by atoms with Crippen LogP contribution in [0.1, 0.15) is 51.5 Å². The molecule has 0 saturated heterocycles. The van der Waals surface area contributed by atoms with Crippen molar-refractivity contribution in [2.45, 2.75) is 58.0 Å². The normalized spacial score (nSPS) is 16.3. The molecule has 1 aromatic carbocycles. The van der Waals surface area contributed by atoms with Gasteiger partial charge in [-0.3, -0.25) is 4.90 Å². The van der Waals surface area contributed by atoms with Crippen LogP contribution in [0.15, 0.2) is 30.3 Å². The molecule has 1 fully saturated rings. The van der Waals surface area contributed by atoms with Crippen LogP contribution < -0.4 is 0 Å². The lowest BCUT2D eigenvalue weighted by Crippen LogP contribution is -2.42. The fourth-order valence-corrected chi connectivity index (χ4v) is 3.28. The fourth-order valence-electron chi connectivity index (χ4n) is 3.28. The Labute approximate surface area is 139 Å². The Hall–Kier alpha value is -1.55. The third-order valence-corrected chi connectivity index (χ3v) is 4.96. The minimum atomic E-state index is -0.916. The van der Waals surface area contributed by atoms with Crippen molar-refractivity contribution < 1.29 is 14.6 Å². The van der Waals surface area contributed by atoms with E-state index in [4.69, 9.17) is 4.74 Å². The fraction of sp³-hybridized carbons (Fsp3) is 0.632. The maximum Gasteiger partial charge on any atom is 0.409 e. The molecule has 0 bridgehead atoms. The number of hydrogen-bond acceptors (Lipinski definition) is 2. The Morgan fingerprint density at radius 2 is 1.87 bits per heavy atom. The van der Waals surface area contributed by atoms with Gasteiger partial charge in [-0.1, -0.05) is 49.6 Å². The zero-order valence-electron chi connectivity index (χ0n) is 14.3. The predicted octanol–water partition coefficient (Wildman–Crippen LogP) is 4.54. The van der Waals surface area contributed by atoms with E-state index in [0.717, 1.165) is 5.56 Å². The molecule has 0 aliphatic heterocycles. The van der Waals surface area contributed by atoms with Crippen LogP contribution in [0, 0.1) is 5.92 Å². The summed E-state index contributed by atoms with van der Waals surface area (Å²) < 4.78 is 6.03. The summed E-state index contributed by atoms with van der Waals surface area (Å²) in [6.07, 6.45) is 5.99. The number of hydrogen-bond donors (Lipinski definition) is 1. The topological polar surface area (TPSA) is 49.8 Å². The van der Waals surface area contributed by atoms with E-state index in [2.05, 4.69) is 13.8 Å². The van der Waals surface area contributed by atoms with E-state index < -0.39 is 6.09 Å². The highest BCUT2D eigenvalue weighted by Crippen LogP contribution is 2.34. The second-order valence-electron chi connectivity index (χ2n) is 6.99. The maximum atomic E-state index is 11.5. The largest absolute Gasteiger partial charge is 0.465 e. The molecule has 4 nitrogen and oxygen atoms in total. The molecule has 0 heterocycles. The van der Waals surface area contributed by atoms with E-state index in [1.54, 1.807) is 0 Å². The highest BCUT2D eigenvalue weighted by atomic mass is 16.5. The highest BCUT2D eigenvalue weighted by molar-refractivity contribution is 5.64. The summed E-state index contributed by atoms with van der Waals surface area (Å²) in [7, 11) is 0. The molecule has 0 unspecified atom stereocenters. The van der Waals surface area contributed by atoms with E-state index in [9.17, 15) is 9.90 Å². The van der Waals surface area contributed by atoms with Crippen molar-refractivity contribution in [1.29, 1.82) is 0 Å². The lowest BCUT2D eigenvalue weighted by Gasteiger charge is -2.38. The van der Waals surface area contributed by atoms with Crippen LogP contribution >= 0.6 is 0 Å². The summed E-state index contributed by atoms with van der Waals surface area (Å²) in [5.41, 5.74) is 0.881. The number of benzene rings is 1. The van der Waals surface area contributed by atoms with E-state index in [0.29, 0.717) is 18.9 Å². The van der Waals surface area contributed by atoms with Crippen LogP contribution in [-0.4, -0.2) is 35.0 Å². The predicted molar refractivity (Wildman–Crippen MR) is 91.5 cm³/mol. The Morgan fingerprint density at radius 1 is 1.22 bits per heavy atom. The van der Waals surface area contributed by atoms with Crippen molar-refractivity contribution in [2.24, 2.45) is 5.92 Å². The summed E-state index contributed by atoms with van der Waals surface area (Å²) in [4.78, 5) is 12.8. The molecule has 2 rings (SSSR count). The SMILES string of the molecule is CC(C)(OCN(CCc1ccccc1)C(=O)O)C1CCCCC1. The molecule has 1 N–H and O–H groups in total. The van der Waals surface area contributed by atoms with Crippen LogP contribution in [0.2, 0.25) is 0 Å². The quantitative estimate of drug-likeness (QED) is 0.751. The van der Waals surface area contributed by atoms with Crippen LogP contribution in [0.5, 0.6) is 0 Å². The van der Waals surface area contributed by atoms with Crippen molar-refractivity contribution in [3.05, 3.63) is 35.9 Å². The summed E-state index contributed by atoms with van der Waals surface area (Å²) in [6, 6.07) is 9.96. The van der Waals surface area contributed by atoms with Gasteiger partial charge in [-0.2, -0.15) is 0 Å². The van der Waals surface area contributed by atoms with Gasteiger partial charge < -0.3 is 9.84 Å². The van der Waals surface area contributed by atoms with Gasteiger partial charge in [0.25, 0.3) is 0 Å². The summed E-state index contributed by atoms with van der Waals surface area (Å²) in [5.74, 6) is 0.529. The molecule has 1 aliphatic rings. The Kier molecular flexibility index (Phi) is 6.46. The first-order valence-electron chi connectivity index (χ1n) is 8.65. The lowest BCUT2D eigenvalue weighted by molar-refractivity contribution is -0.104. The molecule has 23 heavy (non-hydrogen) atoms. The van der Waals surface area contributed by atoms with Gasteiger partial charge in [-0.15, -0.1) is 0 Å². The van der Waals surface area contributed by atoms with Gasteiger partial charge in [0.2, 0.25) is 0 Å². The monoisotopic (exact) mass is 319 g/mol. The number of carboxylic acid groups (broad SMARTS) is 1. The van der Waals surface area contributed by atoms with Gasteiger partial charge in [-0.05, 0) is 44.6 Å². The van der Waals surface area contributed by atoms with E-state index in [-0.39, 0.29) is 12.3 Å².